The second-order valence-corrected chi connectivity index (χ2v) is 2.90. The van der Waals surface area contributed by atoms with Crippen molar-refractivity contribution in [1.82, 2.24) is 5.32 Å². The molecule has 1 radical (unpaired) electrons. The number of rotatable bonds is 4. The summed E-state index contributed by atoms with van der Waals surface area (Å²) in [6.07, 6.45) is 1.42. The van der Waals surface area contributed by atoms with Gasteiger partial charge < -0.3 is 0 Å². The Bertz CT molecular complexity index is 299. The van der Waals surface area contributed by atoms with Crippen molar-refractivity contribution < 1.29 is 0 Å². The highest BCUT2D eigenvalue weighted by molar-refractivity contribution is 5.27. The van der Waals surface area contributed by atoms with Gasteiger partial charge in [-0.05, 0) is 17.5 Å². The van der Waals surface area contributed by atoms with Crippen molar-refractivity contribution in [2.24, 2.45) is 0 Å². The van der Waals surface area contributed by atoms with Gasteiger partial charge in [-0.15, -0.1) is 0 Å². The summed E-state index contributed by atoms with van der Waals surface area (Å²) in [5.74, 6) is 0. The van der Waals surface area contributed by atoms with Crippen LogP contribution >= 0.6 is 0 Å². The van der Waals surface area contributed by atoms with Crippen LogP contribution in [0.4, 0.5) is 0 Å². The minimum atomic E-state index is 0.584. The number of hydrogen-bond donors (Lipinski definition) is 0. The lowest BCUT2D eigenvalue weighted by molar-refractivity contribution is 0.785. The van der Waals surface area contributed by atoms with Crippen molar-refractivity contribution in [2.45, 2.75) is 19.4 Å². The SMILES string of the molecule is C[N]Cc1ccccc1CCC#N. The van der Waals surface area contributed by atoms with Crippen LogP contribution in [-0.2, 0) is 13.0 Å². The van der Waals surface area contributed by atoms with Crippen molar-refractivity contribution in [1.29, 1.82) is 5.26 Å². The molecule has 13 heavy (non-hydrogen) atoms. The number of aryl methyl sites for hydroxylation is 1. The first-order valence-electron chi connectivity index (χ1n) is 4.38. The summed E-state index contributed by atoms with van der Waals surface area (Å²) in [7, 11) is 1.81. The molecule has 0 aromatic heterocycles. The standard InChI is InChI=1S/C11H13N2/c1-13-9-11-6-3-2-5-10(11)7-4-8-12/h2-3,5-6H,4,7,9H2,1H3. The second kappa shape index (κ2) is 5.34. The van der Waals surface area contributed by atoms with E-state index in [9.17, 15) is 0 Å². The van der Waals surface area contributed by atoms with E-state index in [1.807, 2.05) is 12.1 Å². The van der Waals surface area contributed by atoms with Crippen LogP contribution < -0.4 is 5.32 Å². The molecule has 0 spiro atoms. The van der Waals surface area contributed by atoms with Gasteiger partial charge in [0.05, 0.1) is 6.07 Å². The highest BCUT2D eigenvalue weighted by atomic mass is 14.8. The van der Waals surface area contributed by atoms with Gasteiger partial charge in [-0.2, -0.15) is 5.26 Å². The van der Waals surface area contributed by atoms with Crippen molar-refractivity contribution in [3.8, 4) is 6.07 Å². The van der Waals surface area contributed by atoms with E-state index in [4.69, 9.17) is 5.26 Å². The third kappa shape index (κ3) is 2.89. The van der Waals surface area contributed by atoms with Gasteiger partial charge in [-0.1, -0.05) is 24.3 Å². The van der Waals surface area contributed by atoms with E-state index in [1.54, 1.807) is 7.05 Å². The Morgan fingerprint density at radius 3 is 2.62 bits per heavy atom. The molecule has 0 saturated carbocycles. The second-order valence-electron chi connectivity index (χ2n) is 2.90. The fourth-order valence-corrected chi connectivity index (χ4v) is 1.32. The van der Waals surface area contributed by atoms with Gasteiger partial charge in [-0.25, -0.2) is 5.32 Å². The largest absolute Gasteiger partial charge is 0.240 e. The van der Waals surface area contributed by atoms with E-state index in [0.717, 1.165) is 13.0 Å². The van der Waals surface area contributed by atoms with E-state index in [1.165, 1.54) is 11.1 Å². The number of nitriles is 1. The Labute approximate surface area is 79.2 Å². The summed E-state index contributed by atoms with van der Waals surface area (Å²) in [4.78, 5) is 0. The monoisotopic (exact) mass is 173 g/mol. The maximum atomic E-state index is 8.47. The third-order valence-corrected chi connectivity index (χ3v) is 1.95. The van der Waals surface area contributed by atoms with Crippen LogP contribution in [0.2, 0.25) is 0 Å². The van der Waals surface area contributed by atoms with E-state index < -0.39 is 0 Å². The number of hydrogen-bond acceptors (Lipinski definition) is 1. The first-order valence-corrected chi connectivity index (χ1v) is 4.38. The summed E-state index contributed by atoms with van der Waals surface area (Å²) in [6, 6.07) is 10.3. The molecule has 2 nitrogen and oxygen atoms in total. The number of benzene rings is 1. The molecule has 0 amide bonds. The molecule has 0 heterocycles. The van der Waals surface area contributed by atoms with Crippen LogP contribution in [0.3, 0.4) is 0 Å². The van der Waals surface area contributed by atoms with Crippen LogP contribution in [0.15, 0.2) is 24.3 Å². The molecule has 0 aliphatic carbocycles. The fraction of sp³-hybridized carbons (Fsp3) is 0.364. The molecular formula is C11H13N2. The average molecular weight is 173 g/mol. The summed E-state index contributed by atoms with van der Waals surface area (Å²) >= 11 is 0. The molecule has 1 aromatic carbocycles. The molecule has 0 aliphatic rings. The molecule has 0 atom stereocenters. The third-order valence-electron chi connectivity index (χ3n) is 1.95. The van der Waals surface area contributed by atoms with Gasteiger partial charge in [0.15, 0.2) is 0 Å². The first-order chi connectivity index (χ1) is 6.38. The smallest absolute Gasteiger partial charge is 0.0625 e. The van der Waals surface area contributed by atoms with Gasteiger partial charge in [0.1, 0.15) is 0 Å². The van der Waals surface area contributed by atoms with Gasteiger partial charge in [-0.3, -0.25) is 0 Å². The zero-order chi connectivity index (χ0) is 9.52. The highest BCUT2D eigenvalue weighted by Gasteiger charge is 1.99. The fourth-order valence-electron chi connectivity index (χ4n) is 1.32. The summed E-state index contributed by atoms with van der Waals surface area (Å²) in [5.41, 5.74) is 2.48. The molecule has 2 heteroatoms. The van der Waals surface area contributed by atoms with Crippen molar-refractivity contribution >= 4 is 0 Å². The molecule has 0 aliphatic heterocycles. The lowest BCUT2D eigenvalue weighted by Gasteiger charge is -2.05. The van der Waals surface area contributed by atoms with E-state index in [2.05, 4.69) is 23.5 Å². The Morgan fingerprint density at radius 1 is 1.31 bits per heavy atom. The van der Waals surface area contributed by atoms with Crippen molar-refractivity contribution in [3.63, 3.8) is 0 Å². The molecule has 0 saturated heterocycles. The van der Waals surface area contributed by atoms with Gasteiger partial charge in [0.25, 0.3) is 0 Å². The highest BCUT2D eigenvalue weighted by Crippen LogP contribution is 2.10. The summed E-state index contributed by atoms with van der Waals surface area (Å²) in [6.45, 7) is 0.752. The van der Waals surface area contributed by atoms with Crippen molar-refractivity contribution in [2.75, 3.05) is 7.05 Å². The summed E-state index contributed by atoms with van der Waals surface area (Å²) < 4.78 is 0. The average Bonchev–Trinajstić information content (AvgIpc) is 2.17. The lowest BCUT2D eigenvalue weighted by atomic mass is 10.0. The Kier molecular flexibility index (Phi) is 4.01. The molecule has 0 unspecified atom stereocenters. The molecule has 67 valence electrons. The Hall–Kier alpha value is -1.33. The van der Waals surface area contributed by atoms with Gasteiger partial charge in [0, 0.05) is 20.0 Å². The quantitative estimate of drug-likeness (QED) is 0.685. The molecule has 1 aromatic rings. The molecule has 0 N–H and O–H groups in total. The van der Waals surface area contributed by atoms with Crippen LogP contribution in [0, 0.1) is 11.3 Å². The predicted octanol–water partition coefficient (Wildman–Crippen LogP) is 1.88. The molecular weight excluding hydrogens is 160 g/mol. The minimum Gasteiger partial charge on any atom is -0.240 e. The summed E-state index contributed by atoms with van der Waals surface area (Å²) in [5, 5.41) is 12.6. The van der Waals surface area contributed by atoms with E-state index in [0.29, 0.717) is 6.42 Å². The first kappa shape index (κ1) is 9.76. The van der Waals surface area contributed by atoms with Gasteiger partial charge in [0.2, 0.25) is 0 Å². The zero-order valence-corrected chi connectivity index (χ0v) is 7.83. The van der Waals surface area contributed by atoms with Gasteiger partial charge >= 0.3 is 0 Å². The topological polar surface area (TPSA) is 37.9 Å². The van der Waals surface area contributed by atoms with Crippen LogP contribution in [-0.4, -0.2) is 7.05 Å². The van der Waals surface area contributed by atoms with Crippen LogP contribution in [0.1, 0.15) is 17.5 Å². The normalized spacial score (nSPS) is 9.54. The maximum Gasteiger partial charge on any atom is 0.0625 e. The zero-order valence-electron chi connectivity index (χ0n) is 7.83. The lowest BCUT2D eigenvalue weighted by Crippen LogP contribution is -2.01. The maximum absolute atomic E-state index is 8.47. The van der Waals surface area contributed by atoms with Crippen LogP contribution in [0.5, 0.6) is 0 Å². The minimum absolute atomic E-state index is 0.584. The number of nitrogens with zero attached hydrogens (tertiary/aromatic N) is 2. The van der Waals surface area contributed by atoms with Crippen LogP contribution in [0.25, 0.3) is 0 Å². The Balaban J connectivity index is 2.73. The van der Waals surface area contributed by atoms with Crippen molar-refractivity contribution in [3.05, 3.63) is 35.4 Å². The Morgan fingerprint density at radius 2 is 2.00 bits per heavy atom. The molecule has 0 fully saturated rings. The molecule has 1 rings (SSSR count). The van der Waals surface area contributed by atoms with E-state index >= 15 is 0 Å². The molecule has 0 bridgehead atoms. The van der Waals surface area contributed by atoms with E-state index in [-0.39, 0.29) is 0 Å². The predicted molar refractivity (Wildman–Crippen MR) is 52.1 cm³/mol.